The number of hydrogen-bond acceptors (Lipinski definition) is 8. The minimum absolute atomic E-state index is 0.0289. The van der Waals surface area contributed by atoms with Gasteiger partial charge in [0.05, 0.1) is 31.3 Å². The maximum absolute atomic E-state index is 13.7. The predicted molar refractivity (Wildman–Crippen MR) is 137 cm³/mol. The number of allylic oxidation sites excluding steroid dienone is 3. The molecule has 2 aliphatic rings. The van der Waals surface area contributed by atoms with Crippen LogP contribution in [-0.4, -0.2) is 37.5 Å². The van der Waals surface area contributed by atoms with Crippen molar-refractivity contribution in [2.75, 3.05) is 20.8 Å². The molecule has 1 heterocycles. The van der Waals surface area contributed by atoms with Gasteiger partial charge in [-0.1, -0.05) is 23.7 Å². The highest BCUT2D eigenvalue weighted by molar-refractivity contribution is 6.32. The normalized spacial score (nSPS) is 19.2. The molecule has 0 aromatic heterocycles. The predicted octanol–water partition coefficient (Wildman–Crippen LogP) is 5.19. The molecule has 0 radical (unpaired) electrons. The van der Waals surface area contributed by atoms with E-state index in [1.54, 1.807) is 40.2 Å². The Bertz CT molecular complexity index is 1350. The lowest BCUT2D eigenvalue weighted by atomic mass is 9.71. The number of Topliss-reactive ketones (excluding diaryl/α,β-unsaturated/α-hetero) is 1. The van der Waals surface area contributed by atoms with Crippen LogP contribution in [0.3, 0.4) is 0 Å². The second-order valence-corrected chi connectivity index (χ2v) is 9.23. The first kappa shape index (κ1) is 26.2. The lowest BCUT2D eigenvalue weighted by molar-refractivity contribution is -0.384. The minimum atomic E-state index is -0.829. The van der Waals surface area contributed by atoms with Gasteiger partial charge in [0.1, 0.15) is 5.02 Å². The summed E-state index contributed by atoms with van der Waals surface area (Å²) in [7, 11) is 3.11. The van der Waals surface area contributed by atoms with E-state index in [9.17, 15) is 19.7 Å². The van der Waals surface area contributed by atoms with Crippen molar-refractivity contribution in [3.63, 3.8) is 0 Å². The molecule has 1 aliphatic heterocycles. The number of esters is 1. The molecule has 0 fully saturated rings. The molecule has 37 heavy (non-hydrogen) atoms. The van der Waals surface area contributed by atoms with Crippen LogP contribution in [0.25, 0.3) is 0 Å². The molecule has 0 saturated heterocycles. The number of carbonyl (C=O) groups excluding carboxylic acids is 2. The van der Waals surface area contributed by atoms with Gasteiger partial charge in [0.25, 0.3) is 5.69 Å². The van der Waals surface area contributed by atoms with Crippen LogP contribution in [0.5, 0.6) is 11.5 Å². The molecule has 0 spiro atoms. The monoisotopic (exact) mass is 526 g/mol. The number of hydrogen-bond donors (Lipinski definition) is 1. The number of dihydropyridines is 1. The van der Waals surface area contributed by atoms with E-state index >= 15 is 0 Å². The maximum Gasteiger partial charge on any atom is 0.336 e. The van der Waals surface area contributed by atoms with Gasteiger partial charge in [-0.2, -0.15) is 0 Å². The largest absolute Gasteiger partial charge is 0.493 e. The van der Waals surface area contributed by atoms with Crippen LogP contribution in [0.1, 0.15) is 49.7 Å². The molecular weight excluding hydrogens is 500 g/mol. The number of rotatable bonds is 7. The standard InChI is InChI=1S/C27H27ClN2O7/c1-5-37-27(32)24-14(2)29-19-10-17(15-7-9-22(35-3)23(13-15)36-4)12-21(31)26(19)25(24)16-6-8-18(28)20(11-16)30(33)34/h6-9,11,13,17,25,29H,5,10,12H2,1-4H3/t17-,25-/m1/s1. The van der Waals surface area contributed by atoms with Crippen molar-refractivity contribution in [3.05, 3.63) is 85.2 Å². The summed E-state index contributed by atoms with van der Waals surface area (Å²) >= 11 is 6.05. The fraction of sp³-hybridized carbons (Fsp3) is 0.333. The molecule has 0 bridgehead atoms. The summed E-state index contributed by atoms with van der Waals surface area (Å²) in [5.41, 5.74) is 2.88. The van der Waals surface area contributed by atoms with E-state index in [-0.39, 0.29) is 41.0 Å². The zero-order chi connectivity index (χ0) is 26.9. The van der Waals surface area contributed by atoms with Crippen molar-refractivity contribution in [2.45, 2.75) is 38.5 Å². The summed E-state index contributed by atoms with van der Waals surface area (Å²) in [5.74, 6) is -0.565. The summed E-state index contributed by atoms with van der Waals surface area (Å²) < 4.78 is 16.1. The highest BCUT2D eigenvalue weighted by Gasteiger charge is 2.42. The maximum atomic E-state index is 13.7. The third-order valence-electron chi connectivity index (χ3n) is 6.70. The number of ether oxygens (including phenoxy) is 3. The summed E-state index contributed by atoms with van der Waals surface area (Å²) in [5, 5.41) is 14.8. The summed E-state index contributed by atoms with van der Waals surface area (Å²) in [6, 6.07) is 9.91. The lowest BCUT2D eigenvalue weighted by Crippen LogP contribution is -2.36. The van der Waals surface area contributed by atoms with Gasteiger partial charge < -0.3 is 19.5 Å². The molecule has 0 saturated carbocycles. The van der Waals surface area contributed by atoms with Crippen LogP contribution >= 0.6 is 11.6 Å². The smallest absolute Gasteiger partial charge is 0.336 e. The van der Waals surface area contributed by atoms with Crippen LogP contribution in [0.15, 0.2) is 58.9 Å². The lowest BCUT2D eigenvalue weighted by Gasteiger charge is -2.36. The van der Waals surface area contributed by atoms with E-state index in [0.717, 1.165) is 5.56 Å². The van der Waals surface area contributed by atoms with Crippen molar-refractivity contribution in [1.82, 2.24) is 5.32 Å². The Hall–Kier alpha value is -3.85. The van der Waals surface area contributed by atoms with Gasteiger partial charge in [0.15, 0.2) is 17.3 Å². The Morgan fingerprint density at radius 3 is 2.46 bits per heavy atom. The molecule has 194 valence electrons. The van der Waals surface area contributed by atoms with Gasteiger partial charge >= 0.3 is 5.97 Å². The molecule has 10 heteroatoms. The van der Waals surface area contributed by atoms with Gasteiger partial charge in [-0.15, -0.1) is 0 Å². The fourth-order valence-corrected chi connectivity index (χ4v) is 5.23. The summed E-state index contributed by atoms with van der Waals surface area (Å²) in [6.07, 6.45) is 0.688. The first-order valence-electron chi connectivity index (χ1n) is 11.8. The highest BCUT2D eigenvalue weighted by atomic mass is 35.5. The number of nitrogens with one attached hydrogen (secondary N) is 1. The van der Waals surface area contributed by atoms with Crippen LogP contribution in [-0.2, 0) is 14.3 Å². The molecule has 2 atom stereocenters. The van der Waals surface area contributed by atoms with Crippen LogP contribution in [0.2, 0.25) is 5.02 Å². The van der Waals surface area contributed by atoms with Crippen molar-refractivity contribution < 1.29 is 28.7 Å². The quantitative estimate of drug-likeness (QED) is 0.297. The molecule has 2 aromatic carbocycles. The molecule has 2 aromatic rings. The molecule has 0 amide bonds. The number of halogens is 1. The number of benzene rings is 2. The molecular formula is C27H27ClN2O7. The number of methoxy groups -OCH3 is 2. The van der Waals surface area contributed by atoms with Gasteiger partial charge in [0.2, 0.25) is 0 Å². The molecule has 4 rings (SSSR count). The van der Waals surface area contributed by atoms with Gasteiger partial charge in [-0.05, 0) is 55.5 Å². The molecule has 9 nitrogen and oxygen atoms in total. The SMILES string of the molecule is CCOC(=O)C1=C(C)NC2=C(C(=O)C[C@H](c3ccc(OC)c(OC)c3)C2)[C@@H]1c1ccc(Cl)c([N+](=O)[O-])c1. The number of nitrogens with zero attached hydrogens (tertiary/aromatic N) is 1. The van der Waals surface area contributed by atoms with E-state index in [2.05, 4.69) is 5.32 Å². The molecule has 1 N–H and O–H groups in total. The molecule has 1 aliphatic carbocycles. The minimum Gasteiger partial charge on any atom is -0.493 e. The topological polar surface area (TPSA) is 117 Å². The van der Waals surface area contributed by atoms with E-state index in [4.69, 9.17) is 25.8 Å². The van der Waals surface area contributed by atoms with Gasteiger partial charge in [-0.25, -0.2) is 4.79 Å². The van der Waals surface area contributed by atoms with E-state index in [1.165, 1.54) is 12.1 Å². The zero-order valence-corrected chi connectivity index (χ0v) is 21.7. The van der Waals surface area contributed by atoms with Crippen molar-refractivity contribution >= 4 is 29.0 Å². The van der Waals surface area contributed by atoms with E-state index in [1.807, 2.05) is 12.1 Å². The zero-order valence-electron chi connectivity index (χ0n) is 20.9. The van der Waals surface area contributed by atoms with Crippen molar-refractivity contribution in [3.8, 4) is 11.5 Å². The average molecular weight is 527 g/mol. The number of carbonyl (C=O) groups is 2. The third-order valence-corrected chi connectivity index (χ3v) is 7.02. The number of nitro benzene ring substituents is 1. The number of ketones is 1. The second-order valence-electron chi connectivity index (χ2n) is 8.82. The Labute approximate surface area is 219 Å². The Kier molecular flexibility index (Phi) is 7.54. The highest BCUT2D eigenvalue weighted by Crippen LogP contribution is 2.47. The summed E-state index contributed by atoms with van der Waals surface area (Å²) in [6.45, 7) is 3.57. The summed E-state index contributed by atoms with van der Waals surface area (Å²) in [4.78, 5) is 37.7. The Morgan fingerprint density at radius 2 is 1.81 bits per heavy atom. The average Bonchev–Trinajstić information content (AvgIpc) is 2.87. The van der Waals surface area contributed by atoms with E-state index < -0.39 is 16.8 Å². The van der Waals surface area contributed by atoms with E-state index in [0.29, 0.717) is 40.5 Å². The number of nitro groups is 1. The van der Waals surface area contributed by atoms with Crippen LogP contribution in [0, 0.1) is 10.1 Å². The second kappa shape index (κ2) is 10.6. The van der Waals surface area contributed by atoms with Crippen LogP contribution < -0.4 is 14.8 Å². The Morgan fingerprint density at radius 1 is 1.11 bits per heavy atom. The fourth-order valence-electron chi connectivity index (χ4n) is 5.04. The van der Waals surface area contributed by atoms with Crippen LogP contribution in [0.4, 0.5) is 5.69 Å². The van der Waals surface area contributed by atoms with Gasteiger partial charge in [-0.3, -0.25) is 14.9 Å². The van der Waals surface area contributed by atoms with Gasteiger partial charge in [0, 0.05) is 35.4 Å². The first-order valence-corrected chi connectivity index (χ1v) is 12.1. The van der Waals surface area contributed by atoms with Crippen molar-refractivity contribution in [2.24, 2.45) is 0 Å². The molecule has 0 unspecified atom stereocenters. The third kappa shape index (κ3) is 4.91. The first-order chi connectivity index (χ1) is 17.7. The van der Waals surface area contributed by atoms with Crippen molar-refractivity contribution in [1.29, 1.82) is 0 Å². The Balaban J connectivity index is 1.82.